The lowest BCUT2D eigenvalue weighted by Crippen LogP contribution is -2.00. The van der Waals surface area contributed by atoms with Crippen LogP contribution in [0.5, 0.6) is 0 Å². The Morgan fingerprint density at radius 1 is 0.460 bits per heavy atom. The lowest BCUT2D eigenvalue weighted by molar-refractivity contribution is 0.668. The molecule has 10 rings (SSSR count). The fourth-order valence-corrected chi connectivity index (χ4v) is 7.07. The number of hydrogen-bond donors (Lipinski definition) is 0. The van der Waals surface area contributed by atoms with Crippen LogP contribution in [-0.4, -0.2) is 24.5 Å². The van der Waals surface area contributed by atoms with Crippen molar-refractivity contribution in [3.05, 3.63) is 164 Å². The fourth-order valence-electron chi connectivity index (χ4n) is 7.07. The Morgan fingerprint density at radius 2 is 1.08 bits per heavy atom. The van der Waals surface area contributed by atoms with Crippen LogP contribution in [0.25, 0.3) is 94.7 Å². The average Bonchev–Trinajstić information content (AvgIpc) is 3.75. The summed E-state index contributed by atoms with van der Waals surface area (Å²) >= 11 is 0. The monoisotopic (exact) mass is 641 g/mol. The molecule has 0 fully saturated rings. The summed E-state index contributed by atoms with van der Waals surface area (Å²) in [6.07, 6.45) is 3.58. The molecule has 0 aliphatic carbocycles. The quantitative estimate of drug-likeness (QED) is 0.187. The van der Waals surface area contributed by atoms with Crippen LogP contribution in [0.3, 0.4) is 0 Å². The van der Waals surface area contributed by atoms with Crippen LogP contribution in [-0.2, 0) is 0 Å². The first kappa shape index (κ1) is 28.1. The minimum absolute atomic E-state index is 0.579. The van der Waals surface area contributed by atoms with Gasteiger partial charge in [0, 0.05) is 55.7 Å². The molecular weight excluding hydrogens is 615 g/mol. The first-order valence-corrected chi connectivity index (χ1v) is 16.6. The minimum Gasteiger partial charge on any atom is -0.454 e. The van der Waals surface area contributed by atoms with Gasteiger partial charge in [-0.15, -0.1) is 0 Å². The summed E-state index contributed by atoms with van der Waals surface area (Å²) in [5, 5.41) is 4.27. The van der Waals surface area contributed by atoms with Gasteiger partial charge in [-0.3, -0.25) is 4.98 Å². The number of furan rings is 1. The summed E-state index contributed by atoms with van der Waals surface area (Å²) in [4.78, 5) is 19.4. The van der Waals surface area contributed by atoms with Crippen molar-refractivity contribution in [1.82, 2.24) is 24.5 Å². The Kier molecular flexibility index (Phi) is 6.39. The standard InChI is InChI=1S/C44H27N5O/c1-4-12-28(13-5-1)42-46-43(29-14-6-2-7-15-29)48-44(47-42)35-22-21-32(41-40(35)34-24-25-45-27-39(34)50-41)30-20-23-38-36(26-30)33-18-10-11-19-37(33)49(38)31-16-8-3-9-17-31/h1-27H. The molecule has 0 bridgehead atoms. The zero-order valence-electron chi connectivity index (χ0n) is 26.7. The molecule has 50 heavy (non-hydrogen) atoms. The normalized spacial score (nSPS) is 11.6. The van der Waals surface area contributed by atoms with Crippen LogP contribution in [0, 0.1) is 0 Å². The molecule has 0 unspecified atom stereocenters. The Bertz CT molecular complexity index is 2800. The van der Waals surface area contributed by atoms with Crippen molar-refractivity contribution in [2.24, 2.45) is 0 Å². The third-order valence-electron chi connectivity index (χ3n) is 9.36. The molecular formula is C44H27N5O. The van der Waals surface area contributed by atoms with Crippen molar-refractivity contribution in [3.63, 3.8) is 0 Å². The predicted molar refractivity (Wildman–Crippen MR) is 201 cm³/mol. The van der Waals surface area contributed by atoms with Gasteiger partial charge in [-0.25, -0.2) is 15.0 Å². The molecule has 0 aliphatic heterocycles. The van der Waals surface area contributed by atoms with Crippen LogP contribution < -0.4 is 0 Å². The van der Waals surface area contributed by atoms with E-state index in [0.717, 1.165) is 55.4 Å². The SMILES string of the molecule is c1ccc(-c2nc(-c3ccccc3)nc(-c3ccc(-c4ccc5c(c4)c4ccccc4n5-c4ccccc4)c4oc5cnccc5c34)n2)cc1. The third kappa shape index (κ3) is 4.50. The number of rotatable bonds is 5. The maximum Gasteiger partial charge on any atom is 0.164 e. The van der Waals surface area contributed by atoms with Crippen molar-refractivity contribution < 1.29 is 4.42 Å². The number of benzene rings is 6. The fraction of sp³-hybridized carbons (Fsp3) is 0. The van der Waals surface area contributed by atoms with E-state index in [0.29, 0.717) is 23.1 Å². The second-order valence-electron chi connectivity index (χ2n) is 12.3. The lowest BCUT2D eigenvalue weighted by Gasteiger charge is -2.11. The molecule has 10 aromatic rings. The van der Waals surface area contributed by atoms with E-state index in [-0.39, 0.29) is 0 Å². The Balaban J connectivity index is 1.22. The largest absolute Gasteiger partial charge is 0.454 e. The molecule has 0 saturated heterocycles. The number of hydrogen-bond acceptors (Lipinski definition) is 5. The average molecular weight is 642 g/mol. The molecule has 6 nitrogen and oxygen atoms in total. The Morgan fingerprint density at radius 3 is 1.82 bits per heavy atom. The Labute approximate surface area is 287 Å². The first-order valence-electron chi connectivity index (χ1n) is 16.6. The summed E-state index contributed by atoms with van der Waals surface area (Å²) in [6.45, 7) is 0. The van der Waals surface area contributed by atoms with E-state index in [4.69, 9.17) is 19.4 Å². The first-order chi connectivity index (χ1) is 24.8. The van der Waals surface area contributed by atoms with Crippen LogP contribution >= 0.6 is 0 Å². The van der Waals surface area contributed by atoms with Crippen molar-refractivity contribution in [3.8, 4) is 51.0 Å². The molecule has 0 atom stereocenters. The second kappa shape index (κ2) is 11.4. The summed E-state index contributed by atoms with van der Waals surface area (Å²) in [6, 6.07) is 52.1. The molecule has 6 heteroatoms. The third-order valence-corrected chi connectivity index (χ3v) is 9.36. The Hall–Kier alpha value is -6.92. The lowest BCUT2D eigenvalue weighted by atomic mass is 9.97. The van der Waals surface area contributed by atoms with Crippen LogP contribution in [0.4, 0.5) is 0 Å². The van der Waals surface area contributed by atoms with E-state index >= 15 is 0 Å². The van der Waals surface area contributed by atoms with E-state index < -0.39 is 0 Å². The highest BCUT2D eigenvalue weighted by molar-refractivity contribution is 6.17. The van der Waals surface area contributed by atoms with Gasteiger partial charge in [-0.2, -0.15) is 0 Å². The maximum atomic E-state index is 6.67. The van der Waals surface area contributed by atoms with Crippen LogP contribution in [0.15, 0.2) is 168 Å². The summed E-state index contributed by atoms with van der Waals surface area (Å²) in [5.41, 5.74) is 9.67. The molecule has 0 saturated carbocycles. The number of para-hydroxylation sites is 2. The number of aromatic nitrogens is 5. The van der Waals surface area contributed by atoms with Crippen LogP contribution in [0.2, 0.25) is 0 Å². The minimum atomic E-state index is 0.579. The summed E-state index contributed by atoms with van der Waals surface area (Å²) in [7, 11) is 0. The molecule has 0 aliphatic rings. The molecule has 0 spiro atoms. The van der Waals surface area contributed by atoms with Gasteiger partial charge in [0.15, 0.2) is 23.1 Å². The van der Waals surface area contributed by atoms with E-state index in [1.165, 1.54) is 16.3 Å². The van der Waals surface area contributed by atoms with Gasteiger partial charge in [0.2, 0.25) is 0 Å². The molecule has 0 amide bonds. The molecule has 4 heterocycles. The van der Waals surface area contributed by atoms with Gasteiger partial charge in [0.25, 0.3) is 0 Å². The second-order valence-corrected chi connectivity index (χ2v) is 12.3. The van der Waals surface area contributed by atoms with Gasteiger partial charge in [0.05, 0.1) is 17.2 Å². The summed E-state index contributed by atoms with van der Waals surface area (Å²) in [5.74, 6) is 1.80. The van der Waals surface area contributed by atoms with Gasteiger partial charge in [-0.1, -0.05) is 103 Å². The number of pyridine rings is 1. The van der Waals surface area contributed by atoms with Crippen molar-refractivity contribution in [1.29, 1.82) is 0 Å². The van der Waals surface area contributed by atoms with E-state index in [1.807, 2.05) is 66.7 Å². The van der Waals surface area contributed by atoms with Crippen LogP contribution in [0.1, 0.15) is 0 Å². The maximum absolute atomic E-state index is 6.67. The number of nitrogens with zero attached hydrogens (tertiary/aromatic N) is 5. The van der Waals surface area contributed by atoms with E-state index in [1.54, 1.807) is 12.4 Å². The highest BCUT2D eigenvalue weighted by atomic mass is 16.3. The zero-order chi connectivity index (χ0) is 33.0. The van der Waals surface area contributed by atoms with E-state index in [9.17, 15) is 0 Å². The molecule has 4 aromatic heterocycles. The smallest absolute Gasteiger partial charge is 0.164 e. The summed E-state index contributed by atoms with van der Waals surface area (Å²) < 4.78 is 8.99. The predicted octanol–water partition coefficient (Wildman–Crippen LogP) is 10.9. The van der Waals surface area contributed by atoms with Gasteiger partial charge in [0.1, 0.15) is 5.58 Å². The van der Waals surface area contributed by atoms with E-state index in [2.05, 4.69) is 94.5 Å². The molecule has 0 radical (unpaired) electrons. The molecule has 234 valence electrons. The van der Waals surface area contributed by atoms with Crippen molar-refractivity contribution >= 4 is 43.7 Å². The highest BCUT2D eigenvalue weighted by Crippen LogP contribution is 2.43. The topological polar surface area (TPSA) is 69.6 Å². The van der Waals surface area contributed by atoms with Gasteiger partial charge >= 0.3 is 0 Å². The van der Waals surface area contributed by atoms with Crippen molar-refractivity contribution in [2.45, 2.75) is 0 Å². The van der Waals surface area contributed by atoms with Crippen molar-refractivity contribution in [2.75, 3.05) is 0 Å². The molecule has 0 N–H and O–H groups in total. The molecule has 6 aromatic carbocycles. The zero-order valence-corrected chi connectivity index (χ0v) is 26.7. The highest BCUT2D eigenvalue weighted by Gasteiger charge is 2.22. The van der Waals surface area contributed by atoms with Gasteiger partial charge in [-0.05, 0) is 54.1 Å². The number of fused-ring (bicyclic) bond motifs is 6. The van der Waals surface area contributed by atoms with Gasteiger partial charge < -0.3 is 8.98 Å².